The molecule has 2 radical (unpaired) electrons. The molecular weight excluding hydrogens is 619 g/mol. The van der Waals surface area contributed by atoms with Crippen molar-refractivity contribution in [1.82, 2.24) is 19.6 Å². The summed E-state index contributed by atoms with van der Waals surface area (Å²) in [5.41, 5.74) is 5.68. The zero-order valence-electron chi connectivity index (χ0n) is 28.4. The molecule has 0 bridgehead atoms. The van der Waals surface area contributed by atoms with Crippen LogP contribution in [0.15, 0.2) is 66.7 Å². The van der Waals surface area contributed by atoms with Gasteiger partial charge < -0.3 is 24.3 Å². The van der Waals surface area contributed by atoms with Gasteiger partial charge in [-0.15, -0.1) is 0 Å². The molecule has 4 aromatic rings. The lowest BCUT2D eigenvalue weighted by molar-refractivity contribution is 0.0658. The number of fused-ring (bicyclic) bond motifs is 2. The van der Waals surface area contributed by atoms with Crippen LogP contribution in [0.2, 0.25) is 0 Å². The molecule has 48 heavy (non-hydrogen) atoms. The summed E-state index contributed by atoms with van der Waals surface area (Å²) in [5.74, 6) is 1.39. The molecule has 0 fully saturated rings. The van der Waals surface area contributed by atoms with E-state index in [2.05, 4.69) is 44.0 Å². The number of hydrogen-bond acceptors (Lipinski definition) is 6. The van der Waals surface area contributed by atoms with Crippen LogP contribution in [0.3, 0.4) is 0 Å². The second-order valence-electron chi connectivity index (χ2n) is 12.7. The van der Waals surface area contributed by atoms with E-state index >= 15 is 0 Å². The van der Waals surface area contributed by atoms with E-state index in [1.165, 1.54) is 11.1 Å². The molecule has 0 saturated carbocycles. The summed E-state index contributed by atoms with van der Waals surface area (Å²) in [6, 6.07) is 22.0. The molecule has 2 aliphatic heterocycles. The number of anilines is 1. The van der Waals surface area contributed by atoms with Gasteiger partial charge in [0.1, 0.15) is 13.2 Å². The average Bonchev–Trinajstić information content (AvgIpc) is 3.50. The second kappa shape index (κ2) is 15.1. The van der Waals surface area contributed by atoms with E-state index in [0.717, 1.165) is 60.2 Å². The van der Waals surface area contributed by atoms with Gasteiger partial charge in [0.15, 0.2) is 17.2 Å². The molecule has 6 rings (SSSR count). The minimum atomic E-state index is -0.0631. The van der Waals surface area contributed by atoms with Crippen molar-refractivity contribution in [3.05, 3.63) is 94.8 Å². The molecule has 1 N–H and O–H groups in total. The summed E-state index contributed by atoms with van der Waals surface area (Å²) in [4.78, 5) is 35.7. The monoisotopic (exact) mass is 663 g/mol. The molecule has 9 nitrogen and oxygen atoms in total. The number of nitrogens with zero attached hydrogens (tertiary/aromatic N) is 4. The Bertz CT molecular complexity index is 1760. The number of unbranched alkanes of at least 4 members (excludes halogenated alkanes) is 2. The van der Waals surface area contributed by atoms with Crippen LogP contribution in [0.25, 0.3) is 5.69 Å². The lowest BCUT2D eigenvalue weighted by atomic mass is 9.94. The van der Waals surface area contributed by atoms with Gasteiger partial charge in [-0.1, -0.05) is 57.0 Å². The fraction of sp³-hybridized carbons (Fsp3) is 0.395. The average molecular weight is 664 g/mol. The number of nitrogens with one attached hydrogen (secondary N) is 1. The molecular formula is C38H45N5O4Si. The Hall–Kier alpha value is -4.57. The molecule has 0 spiro atoms. The first-order valence-corrected chi connectivity index (χ1v) is 18.2. The lowest BCUT2D eigenvalue weighted by Crippen LogP contribution is -2.43. The van der Waals surface area contributed by atoms with Gasteiger partial charge in [0.2, 0.25) is 9.68 Å². The normalized spacial score (nSPS) is 15.2. The van der Waals surface area contributed by atoms with Crippen molar-refractivity contribution in [2.45, 2.75) is 72.4 Å². The van der Waals surface area contributed by atoms with Crippen molar-refractivity contribution < 1.29 is 19.1 Å². The van der Waals surface area contributed by atoms with Crippen LogP contribution >= 0.6 is 0 Å². The highest BCUT2D eigenvalue weighted by atomic mass is 28.2. The molecule has 1 atom stereocenters. The number of ether oxygens (including phenoxy) is 2. The third-order valence-corrected chi connectivity index (χ3v) is 10.1. The largest absolute Gasteiger partial charge is 0.486 e. The number of hydrogen-bond donors (Lipinski definition) is 1. The quantitative estimate of drug-likeness (QED) is 0.189. The summed E-state index contributed by atoms with van der Waals surface area (Å²) in [6.07, 6.45) is 4.73. The van der Waals surface area contributed by atoms with Gasteiger partial charge in [0, 0.05) is 37.1 Å². The maximum atomic E-state index is 14.6. The van der Waals surface area contributed by atoms with Crippen molar-refractivity contribution in [2.24, 2.45) is 0 Å². The fourth-order valence-electron chi connectivity index (χ4n) is 6.34. The van der Waals surface area contributed by atoms with E-state index < -0.39 is 0 Å². The van der Waals surface area contributed by atoms with Crippen molar-refractivity contribution in [3.8, 4) is 17.2 Å². The number of aryl methyl sites for hydroxylation is 1. The van der Waals surface area contributed by atoms with Crippen LogP contribution in [-0.4, -0.2) is 73.4 Å². The number of carbonyl (C=O) groups is 2. The number of carbonyl (C=O) groups excluding carboxylic acids is 2. The number of aromatic nitrogens is 2. The molecule has 3 aromatic carbocycles. The second-order valence-corrected chi connectivity index (χ2v) is 13.8. The van der Waals surface area contributed by atoms with E-state index in [4.69, 9.17) is 14.6 Å². The van der Waals surface area contributed by atoms with Gasteiger partial charge in [-0.05, 0) is 85.8 Å². The molecule has 3 heterocycles. The lowest BCUT2D eigenvalue weighted by Gasteiger charge is -2.35. The highest BCUT2D eigenvalue weighted by Gasteiger charge is 2.30. The number of benzene rings is 3. The van der Waals surface area contributed by atoms with Crippen molar-refractivity contribution >= 4 is 32.4 Å². The van der Waals surface area contributed by atoms with Crippen molar-refractivity contribution in [3.63, 3.8) is 0 Å². The SMILES string of the molecule is CCCCN(CCCC)C(=O)c1cc(C)n(-c2ccc(N[Si]c3ccc4c(c3)OCCO4)cc2C(=O)N2Cc3ccccc3C[C@H]2C)n1. The van der Waals surface area contributed by atoms with Crippen LogP contribution in [0.1, 0.15) is 84.1 Å². The zero-order chi connectivity index (χ0) is 33.6. The Morgan fingerprint density at radius 1 is 0.938 bits per heavy atom. The van der Waals surface area contributed by atoms with Crippen LogP contribution in [0.4, 0.5) is 5.69 Å². The van der Waals surface area contributed by atoms with E-state index in [1.807, 2.05) is 65.3 Å². The minimum absolute atomic E-state index is 0.0259. The Balaban J connectivity index is 1.32. The molecule has 2 amide bonds. The molecule has 0 saturated heterocycles. The zero-order valence-corrected chi connectivity index (χ0v) is 29.4. The molecule has 1 aromatic heterocycles. The molecule has 0 unspecified atom stereocenters. The third kappa shape index (κ3) is 7.28. The summed E-state index contributed by atoms with van der Waals surface area (Å²) in [6.45, 7) is 11.4. The molecule has 0 aliphatic carbocycles. The Kier molecular flexibility index (Phi) is 10.5. The van der Waals surface area contributed by atoms with Gasteiger partial charge in [0.05, 0.1) is 11.3 Å². The van der Waals surface area contributed by atoms with Crippen molar-refractivity contribution in [1.29, 1.82) is 0 Å². The van der Waals surface area contributed by atoms with Gasteiger partial charge >= 0.3 is 0 Å². The summed E-state index contributed by atoms with van der Waals surface area (Å²) >= 11 is 0. The Labute approximate surface area is 286 Å². The highest BCUT2D eigenvalue weighted by Crippen LogP contribution is 2.30. The molecule has 2 aliphatic rings. The summed E-state index contributed by atoms with van der Waals surface area (Å²) < 4.78 is 13.2. The maximum absolute atomic E-state index is 14.6. The van der Waals surface area contributed by atoms with E-state index in [1.54, 1.807) is 4.68 Å². The van der Waals surface area contributed by atoms with E-state index in [-0.39, 0.29) is 27.5 Å². The topological polar surface area (TPSA) is 88.9 Å². The van der Waals surface area contributed by atoms with Gasteiger partial charge in [0.25, 0.3) is 11.8 Å². The van der Waals surface area contributed by atoms with Gasteiger partial charge in [-0.3, -0.25) is 9.59 Å². The smallest absolute Gasteiger partial charge is 0.274 e. The first kappa shape index (κ1) is 33.3. The molecule has 250 valence electrons. The van der Waals surface area contributed by atoms with E-state index in [9.17, 15) is 9.59 Å². The van der Waals surface area contributed by atoms with Crippen LogP contribution in [0.5, 0.6) is 11.5 Å². The number of amides is 2. The van der Waals surface area contributed by atoms with Crippen LogP contribution in [-0.2, 0) is 13.0 Å². The van der Waals surface area contributed by atoms with Crippen LogP contribution in [0, 0.1) is 6.92 Å². The predicted octanol–water partition coefficient (Wildman–Crippen LogP) is 5.94. The fourth-order valence-corrected chi connectivity index (χ4v) is 7.15. The van der Waals surface area contributed by atoms with Gasteiger partial charge in [-0.2, -0.15) is 5.10 Å². The van der Waals surface area contributed by atoms with Crippen LogP contribution < -0.4 is 19.6 Å². The standard InChI is InChI=1S/C38H45N5O4Si/c1-5-7-17-41(18-8-6-2)38(45)33-22-27(4)43(39-33)34-15-13-30(40-48-31-14-16-35-36(24-31)47-20-19-46-35)23-32(34)37(44)42-25-29-12-10-9-11-28(29)21-26(42)3/h9-16,22-24,26,40H,5-8,17-21,25H2,1-4H3/t26-/m1/s1. The highest BCUT2D eigenvalue weighted by molar-refractivity contribution is 6.57. The third-order valence-electron chi connectivity index (χ3n) is 9.07. The first-order valence-electron chi connectivity index (χ1n) is 17.2. The maximum Gasteiger partial charge on any atom is 0.274 e. The predicted molar refractivity (Wildman–Crippen MR) is 190 cm³/mol. The minimum Gasteiger partial charge on any atom is -0.486 e. The molecule has 10 heteroatoms. The Morgan fingerprint density at radius 3 is 2.42 bits per heavy atom. The summed E-state index contributed by atoms with van der Waals surface area (Å²) in [5, 5.41) is 5.90. The Morgan fingerprint density at radius 2 is 1.67 bits per heavy atom. The first-order chi connectivity index (χ1) is 23.4. The van der Waals surface area contributed by atoms with Gasteiger partial charge in [-0.25, -0.2) is 4.68 Å². The summed E-state index contributed by atoms with van der Waals surface area (Å²) in [7, 11) is 0.245. The van der Waals surface area contributed by atoms with E-state index in [0.29, 0.717) is 49.8 Å². The van der Waals surface area contributed by atoms with Crippen molar-refractivity contribution in [2.75, 3.05) is 31.3 Å². The number of rotatable bonds is 12.